The number of carbonyl (C=O) groups is 2. The van der Waals surface area contributed by atoms with Crippen molar-refractivity contribution < 1.29 is 63.3 Å². The van der Waals surface area contributed by atoms with Crippen LogP contribution < -0.4 is 9.47 Å². The maximum absolute atomic E-state index is 14.9. The van der Waals surface area contributed by atoms with Crippen molar-refractivity contribution in [2.75, 3.05) is 13.7 Å². The van der Waals surface area contributed by atoms with Crippen molar-refractivity contribution in [3.05, 3.63) is 95.1 Å². The molecule has 0 aliphatic rings. The molecular weight excluding hydrogens is 647 g/mol. The second-order valence-electron chi connectivity index (χ2n) is 10.8. The molecule has 1 atom stereocenters. The highest BCUT2D eigenvalue weighted by atomic mass is 19.4. The Morgan fingerprint density at radius 1 is 0.766 bits per heavy atom. The Morgan fingerprint density at radius 3 is 2.02 bits per heavy atom. The van der Waals surface area contributed by atoms with Crippen LogP contribution in [0.4, 0.5) is 39.5 Å². The maximum atomic E-state index is 14.9. The van der Waals surface area contributed by atoms with Crippen LogP contribution in [0, 0.1) is 11.6 Å². The lowest BCUT2D eigenvalue weighted by molar-refractivity contribution is -0.253. The summed E-state index contributed by atoms with van der Waals surface area (Å²) in [5.41, 5.74) is -1.56. The van der Waals surface area contributed by atoms with Crippen molar-refractivity contribution in [3.63, 3.8) is 0 Å². The number of Topliss-reactive ketones (excluding diaryl/α,β-unsaturated/α-hetero) is 1. The topological polar surface area (TPSA) is 61.8 Å². The van der Waals surface area contributed by atoms with Crippen LogP contribution in [0.1, 0.15) is 55.2 Å². The zero-order valence-electron chi connectivity index (χ0n) is 25.0. The molecule has 3 rings (SSSR count). The lowest BCUT2D eigenvalue weighted by atomic mass is 9.67. The van der Waals surface area contributed by atoms with Gasteiger partial charge in [0.1, 0.15) is 28.9 Å². The van der Waals surface area contributed by atoms with Gasteiger partial charge in [0.05, 0.1) is 20.1 Å². The first-order chi connectivity index (χ1) is 22.0. The van der Waals surface area contributed by atoms with E-state index >= 15 is 0 Å². The summed E-state index contributed by atoms with van der Waals surface area (Å²) in [5.74, 6) is -3.89. The molecule has 0 spiro atoms. The van der Waals surface area contributed by atoms with Gasteiger partial charge in [0, 0.05) is 30.7 Å². The number of hydrogen-bond acceptors (Lipinski definition) is 5. The molecule has 3 aromatic rings. The van der Waals surface area contributed by atoms with Gasteiger partial charge in [-0.3, -0.25) is 9.59 Å². The monoisotopic (exact) mass is 678 g/mol. The van der Waals surface area contributed by atoms with Crippen molar-refractivity contribution in [3.8, 4) is 11.5 Å². The van der Waals surface area contributed by atoms with Crippen molar-refractivity contribution in [1.82, 2.24) is 0 Å². The number of carbonyl (C=O) groups excluding carboxylic acids is 2. The number of ether oxygens (including phenoxy) is 3. The van der Waals surface area contributed by atoms with Crippen molar-refractivity contribution in [1.29, 1.82) is 0 Å². The molecule has 0 fully saturated rings. The third kappa shape index (κ3) is 11.2. The molecule has 256 valence electrons. The molecule has 0 aromatic heterocycles. The lowest BCUT2D eigenvalue weighted by Crippen LogP contribution is -2.35. The molecule has 0 N–H and O–H groups in total. The van der Waals surface area contributed by atoms with E-state index in [4.69, 9.17) is 4.74 Å². The second-order valence-corrected chi connectivity index (χ2v) is 10.8. The molecule has 0 saturated heterocycles. The molecular formula is C33H31F9O5. The van der Waals surface area contributed by atoms with Gasteiger partial charge in [-0.25, -0.2) is 8.78 Å². The Labute approximate surface area is 264 Å². The molecule has 47 heavy (non-hydrogen) atoms. The van der Waals surface area contributed by atoms with Gasteiger partial charge in [-0.05, 0) is 72.4 Å². The first-order valence-corrected chi connectivity index (χ1v) is 14.3. The SMILES string of the molecule is COC(=O)CCCCOc1ccc(C[C@@](CC(=O)CCC(F)(F)F)(c2ccc(F)cc2)c2cc(F)cc(OC(F)(F)C(F)F)c2)cc1. The number of rotatable bonds is 17. The number of hydrogen-bond donors (Lipinski definition) is 0. The Kier molecular flexibility index (Phi) is 12.7. The zero-order chi connectivity index (χ0) is 34.8. The molecule has 0 aliphatic carbocycles. The van der Waals surface area contributed by atoms with E-state index in [2.05, 4.69) is 9.47 Å². The van der Waals surface area contributed by atoms with Crippen LogP contribution in [0.2, 0.25) is 0 Å². The average molecular weight is 679 g/mol. The zero-order valence-corrected chi connectivity index (χ0v) is 25.0. The first-order valence-electron chi connectivity index (χ1n) is 14.3. The molecule has 0 saturated carbocycles. The van der Waals surface area contributed by atoms with Gasteiger partial charge in [-0.15, -0.1) is 0 Å². The quantitative estimate of drug-likeness (QED) is 0.0812. The molecule has 0 amide bonds. The maximum Gasteiger partial charge on any atom is 0.461 e. The fourth-order valence-electron chi connectivity index (χ4n) is 4.93. The highest BCUT2D eigenvalue weighted by molar-refractivity contribution is 5.81. The summed E-state index contributed by atoms with van der Waals surface area (Å²) in [6.07, 6.45) is -16.2. The van der Waals surface area contributed by atoms with Crippen LogP contribution in [0.25, 0.3) is 0 Å². The molecule has 0 heterocycles. The van der Waals surface area contributed by atoms with Gasteiger partial charge in [-0.1, -0.05) is 24.3 Å². The highest BCUT2D eigenvalue weighted by Gasteiger charge is 2.45. The summed E-state index contributed by atoms with van der Waals surface area (Å²) >= 11 is 0. The van der Waals surface area contributed by atoms with Gasteiger partial charge in [0.2, 0.25) is 0 Å². The number of unbranched alkanes of at least 4 members (excludes halogenated alkanes) is 1. The Bertz CT molecular complexity index is 1480. The van der Waals surface area contributed by atoms with Crippen LogP contribution in [-0.2, 0) is 26.2 Å². The van der Waals surface area contributed by atoms with E-state index in [0.29, 0.717) is 30.2 Å². The van der Waals surface area contributed by atoms with Crippen LogP contribution in [0.5, 0.6) is 11.5 Å². The number of alkyl halides is 7. The van der Waals surface area contributed by atoms with E-state index in [9.17, 15) is 49.1 Å². The number of benzene rings is 3. The van der Waals surface area contributed by atoms with E-state index in [1.54, 1.807) is 24.3 Å². The molecule has 3 aromatic carbocycles. The van der Waals surface area contributed by atoms with Crippen LogP contribution in [0.15, 0.2) is 66.7 Å². The molecule has 0 aliphatic heterocycles. The van der Waals surface area contributed by atoms with Crippen molar-refractivity contribution in [2.24, 2.45) is 0 Å². The summed E-state index contributed by atoms with van der Waals surface area (Å²) in [7, 11) is 1.27. The third-order valence-electron chi connectivity index (χ3n) is 7.22. The fourth-order valence-corrected chi connectivity index (χ4v) is 4.93. The Balaban J connectivity index is 2.06. The highest BCUT2D eigenvalue weighted by Crippen LogP contribution is 2.43. The fraction of sp³-hybridized carbons (Fsp3) is 0.394. The average Bonchev–Trinajstić information content (AvgIpc) is 2.99. The number of esters is 1. The van der Waals surface area contributed by atoms with Gasteiger partial charge >= 0.3 is 24.7 Å². The lowest BCUT2D eigenvalue weighted by Gasteiger charge is -2.36. The minimum absolute atomic E-state index is 0.0994. The summed E-state index contributed by atoms with van der Waals surface area (Å²) in [5, 5.41) is 0. The standard InChI is InChI=1S/C33H31F9O5/c1-45-29(44)4-2-3-15-46-27-11-5-21(6-12-27)19-31(22-7-9-24(34)10-8-22,20-26(43)13-14-32(38,39)40)23-16-25(35)18-28(17-23)47-33(41,42)30(36)37/h5-12,16-18,30H,2-4,13-15,19-20H2,1H3/t31-/m1/s1. The molecule has 14 heteroatoms. The normalized spacial score (nSPS) is 13.3. The third-order valence-corrected chi connectivity index (χ3v) is 7.22. The number of ketones is 1. The first kappa shape index (κ1) is 37.2. The van der Waals surface area contributed by atoms with E-state index < -0.39 is 66.6 Å². The molecule has 0 unspecified atom stereocenters. The summed E-state index contributed by atoms with van der Waals surface area (Å²) < 4.78 is 136. The van der Waals surface area contributed by atoms with Crippen LogP contribution >= 0.6 is 0 Å². The second kappa shape index (κ2) is 16.1. The van der Waals surface area contributed by atoms with Gasteiger partial charge in [0.15, 0.2) is 0 Å². The van der Waals surface area contributed by atoms with E-state index in [1.807, 2.05) is 0 Å². The van der Waals surface area contributed by atoms with E-state index in [1.165, 1.54) is 19.2 Å². The van der Waals surface area contributed by atoms with Crippen molar-refractivity contribution >= 4 is 11.8 Å². The Morgan fingerprint density at radius 2 is 1.43 bits per heavy atom. The van der Waals surface area contributed by atoms with Gasteiger partial charge in [0.25, 0.3) is 0 Å². The van der Waals surface area contributed by atoms with E-state index in [-0.39, 0.29) is 36.5 Å². The minimum atomic E-state index is -5.03. The summed E-state index contributed by atoms with van der Waals surface area (Å²) in [4.78, 5) is 24.4. The van der Waals surface area contributed by atoms with Crippen LogP contribution in [-0.4, -0.2) is 44.2 Å². The molecule has 5 nitrogen and oxygen atoms in total. The predicted molar refractivity (Wildman–Crippen MR) is 152 cm³/mol. The number of halogens is 9. The van der Waals surface area contributed by atoms with Crippen LogP contribution in [0.3, 0.4) is 0 Å². The summed E-state index contributed by atoms with van der Waals surface area (Å²) in [6, 6.07) is 12.6. The van der Waals surface area contributed by atoms with Gasteiger partial charge < -0.3 is 14.2 Å². The Hall–Kier alpha value is -4.23. The van der Waals surface area contributed by atoms with Gasteiger partial charge in [-0.2, -0.15) is 30.7 Å². The molecule has 0 bridgehead atoms. The van der Waals surface area contributed by atoms with Crippen molar-refractivity contribution in [2.45, 2.75) is 69.1 Å². The predicted octanol–water partition coefficient (Wildman–Crippen LogP) is 8.75. The smallest absolute Gasteiger partial charge is 0.461 e. The largest absolute Gasteiger partial charge is 0.494 e. The summed E-state index contributed by atoms with van der Waals surface area (Å²) in [6.45, 7) is 0.249. The minimum Gasteiger partial charge on any atom is -0.494 e. The number of methoxy groups -OCH3 is 1. The molecule has 0 radical (unpaired) electrons. The van der Waals surface area contributed by atoms with E-state index in [0.717, 1.165) is 24.3 Å².